The summed E-state index contributed by atoms with van der Waals surface area (Å²) in [6.07, 6.45) is 12.2. The Bertz CT molecular complexity index is 261. The zero-order valence-electron chi connectivity index (χ0n) is 11.1. The largest absolute Gasteiger partial charge is 0.314 e. The van der Waals surface area contributed by atoms with E-state index in [2.05, 4.69) is 23.1 Å². The Morgan fingerprint density at radius 1 is 1.24 bits per heavy atom. The third kappa shape index (κ3) is 3.72. The lowest BCUT2D eigenvalue weighted by Crippen LogP contribution is -2.44. The highest BCUT2D eigenvalue weighted by Gasteiger charge is 2.25. The summed E-state index contributed by atoms with van der Waals surface area (Å²) in [4.78, 5) is 2.39. The maximum atomic E-state index is 5.34. The predicted octanol–water partition coefficient (Wildman–Crippen LogP) is 2.11. The van der Waals surface area contributed by atoms with Gasteiger partial charge in [-0.3, -0.25) is 4.90 Å². The summed E-state index contributed by atoms with van der Waals surface area (Å²) < 4.78 is 0. The highest BCUT2D eigenvalue weighted by Crippen LogP contribution is 2.30. The molecule has 1 saturated carbocycles. The molecule has 1 aliphatic carbocycles. The normalized spacial score (nSPS) is 31.5. The van der Waals surface area contributed by atoms with Gasteiger partial charge < -0.3 is 5.32 Å². The quantitative estimate of drug-likeness (QED) is 0.750. The smallest absolute Gasteiger partial charge is 0.0598 e. The summed E-state index contributed by atoms with van der Waals surface area (Å²) in [6.45, 7) is 6.81. The molecule has 0 amide bonds. The van der Waals surface area contributed by atoms with Crippen LogP contribution in [0.3, 0.4) is 0 Å². The maximum Gasteiger partial charge on any atom is 0.0598 e. The lowest BCUT2D eigenvalue weighted by atomic mass is 9.97. The Kier molecular flexibility index (Phi) is 4.88. The summed E-state index contributed by atoms with van der Waals surface area (Å²) in [5.74, 6) is 4.60. The van der Waals surface area contributed by atoms with Crippen molar-refractivity contribution in [1.29, 1.82) is 0 Å². The van der Waals surface area contributed by atoms with Gasteiger partial charge in [0.2, 0.25) is 0 Å². The van der Waals surface area contributed by atoms with Gasteiger partial charge in [0.25, 0.3) is 0 Å². The highest BCUT2D eigenvalue weighted by atomic mass is 15.1. The van der Waals surface area contributed by atoms with Crippen molar-refractivity contribution < 1.29 is 0 Å². The molecule has 0 aromatic heterocycles. The van der Waals surface area contributed by atoms with Gasteiger partial charge in [-0.1, -0.05) is 25.7 Å². The Hall–Kier alpha value is -0.520. The molecule has 1 aliphatic heterocycles. The van der Waals surface area contributed by atoms with E-state index in [9.17, 15) is 0 Å². The van der Waals surface area contributed by atoms with Crippen molar-refractivity contribution in [3.05, 3.63) is 0 Å². The molecule has 2 rings (SSSR count). The average molecular weight is 234 g/mol. The molecule has 2 fully saturated rings. The second kappa shape index (κ2) is 6.42. The van der Waals surface area contributed by atoms with Crippen molar-refractivity contribution in [3.8, 4) is 12.3 Å². The van der Waals surface area contributed by atoms with Crippen molar-refractivity contribution in [1.82, 2.24) is 10.2 Å². The number of rotatable bonds is 4. The first-order valence-corrected chi connectivity index (χ1v) is 7.19. The minimum absolute atomic E-state index is 0.733. The van der Waals surface area contributed by atoms with E-state index in [1.54, 1.807) is 0 Å². The van der Waals surface area contributed by atoms with E-state index >= 15 is 0 Å². The summed E-state index contributed by atoms with van der Waals surface area (Å²) in [6, 6.07) is 0.733. The van der Waals surface area contributed by atoms with Gasteiger partial charge in [0.15, 0.2) is 0 Å². The topological polar surface area (TPSA) is 15.3 Å². The molecule has 1 heterocycles. The van der Waals surface area contributed by atoms with Crippen LogP contribution in [-0.4, -0.2) is 37.1 Å². The van der Waals surface area contributed by atoms with E-state index in [0.29, 0.717) is 0 Å². The van der Waals surface area contributed by atoms with Crippen molar-refractivity contribution in [2.45, 2.75) is 45.1 Å². The first-order chi connectivity index (χ1) is 8.29. The Morgan fingerprint density at radius 2 is 2.00 bits per heavy atom. The van der Waals surface area contributed by atoms with Gasteiger partial charge in [-0.25, -0.2) is 0 Å². The minimum Gasteiger partial charge on any atom is -0.314 e. The van der Waals surface area contributed by atoms with E-state index in [1.807, 2.05) is 0 Å². The molecular formula is C15H26N2. The molecule has 0 aromatic rings. The number of nitrogens with one attached hydrogen (secondary N) is 1. The Morgan fingerprint density at radius 3 is 2.59 bits per heavy atom. The van der Waals surface area contributed by atoms with Crippen LogP contribution < -0.4 is 5.32 Å². The first kappa shape index (κ1) is 12.9. The third-order valence-electron chi connectivity index (χ3n) is 4.61. The zero-order valence-corrected chi connectivity index (χ0v) is 11.1. The lowest BCUT2D eigenvalue weighted by Gasteiger charge is -2.32. The van der Waals surface area contributed by atoms with Crippen molar-refractivity contribution >= 4 is 0 Å². The van der Waals surface area contributed by atoms with Crippen LogP contribution in [-0.2, 0) is 0 Å². The number of terminal acetylenes is 1. The molecule has 17 heavy (non-hydrogen) atoms. The molecule has 0 aromatic carbocycles. The number of hydrogen-bond donors (Lipinski definition) is 1. The van der Waals surface area contributed by atoms with Crippen LogP contribution in [0.4, 0.5) is 0 Å². The van der Waals surface area contributed by atoms with E-state index < -0.39 is 0 Å². The van der Waals surface area contributed by atoms with Gasteiger partial charge in [-0.05, 0) is 37.6 Å². The lowest BCUT2D eigenvalue weighted by molar-refractivity contribution is 0.211. The second-order valence-corrected chi connectivity index (χ2v) is 5.83. The standard InChI is InChI=1S/C15H26N2/c1-3-9-17-10-7-15(8-11-17)16-12-14-6-4-5-13(14)2/h1,13-16H,4-12H2,2H3. The van der Waals surface area contributed by atoms with Crippen LogP contribution in [0, 0.1) is 24.2 Å². The molecule has 96 valence electrons. The Balaban J connectivity index is 1.63. The summed E-state index contributed by atoms with van der Waals surface area (Å²) in [7, 11) is 0. The minimum atomic E-state index is 0.733. The molecule has 0 bridgehead atoms. The fourth-order valence-electron chi connectivity index (χ4n) is 3.27. The van der Waals surface area contributed by atoms with Gasteiger partial charge in [0.1, 0.15) is 0 Å². The number of hydrogen-bond acceptors (Lipinski definition) is 2. The van der Waals surface area contributed by atoms with Gasteiger partial charge in [0.05, 0.1) is 6.54 Å². The summed E-state index contributed by atoms with van der Waals surface area (Å²) in [5.41, 5.74) is 0. The van der Waals surface area contributed by atoms with Crippen LogP contribution in [0.2, 0.25) is 0 Å². The molecular weight excluding hydrogens is 208 g/mol. The molecule has 2 nitrogen and oxygen atoms in total. The molecule has 2 aliphatic rings. The number of nitrogens with zero attached hydrogens (tertiary/aromatic N) is 1. The molecule has 1 saturated heterocycles. The fourth-order valence-corrected chi connectivity index (χ4v) is 3.27. The van der Waals surface area contributed by atoms with Gasteiger partial charge in [-0.15, -0.1) is 6.42 Å². The predicted molar refractivity (Wildman–Crippen MR) is 72.8 cm³/mol. The van der Waals surface area contributed by atoms with Crippen LogP contribution in [0.15, 0.2) is 0 Å². The maximum absolute atomic E-state index is 5.34. The van der Waals surface area contributed by atoms with Crippen molar-refractivity contribution in [3.63, 3.8) is 0 Å². The summed E-state index contributed by atoms with van der Waals surface area (Å²) in [5, 5.41) is 3.78. The van der Waals surface area contributed by atoms with Crippen LogP contribution in [0.5, 0.6) is 0 Å². The Labute approximate surface area is 106 Å². The summed E-state index contributed by atoms with van der Waals surface area (Å²) >= 11 is 0. The van der Waals surface area contributed by atoms with E-state index in [1.165, 1.54) is 51.7 Å². The SMILES string of the molecule is C#CCN1CCC(NCC2CCCC2C)CC1. The molecule has 2 atom stereocenters. The van der Waals surface area contributed by atoms with Crippen molar-refractivity contribution in [2.75, 3.05) is 26.2 Å². The van der Waals surface area contributed by atoms with Crippen LogP contribution in [0.1, 0.15) is 39.0 Å². The molecule has 0 spiro atoms. The highest BCUT2D eigenvalue weighted by molar-refractivity contribution is 4.90. The monoisotopic (exact) mass is 234 g/mol. The van der Waals surface area contributed by atoms with E-state index in [0.717, 1.165) is 24.4 Å². The number of piperidine rings is 1. The third-order valence-corrected chi connectivity index (χ3v) is 4.61. The molecule has 2 heteroatoms. The molecule has 0 radical (unpaired) electrons. The van der Waals surface area contributed by atoms with Crippen LogP contribution in [0.25, 0.3) is 0 Å². The molecule has 2 unspecified atom stereocenters. The zero-order chi connectivity index (χ0) is 12.1. The average Bonchev–Trinajstić information content (AvgIpc) is 2.75. The van der Waals surface area contributed by atoms with Crippen LogP contribution >= 0.6 is 0 Å². The van der Waals surface area contributed by atoms with Gasteiger partial charge >= 0.3 is 0 Å². The van der Waals surface area contributed by atoms with Gasteiger partial charge in [0, 0.05) is 19.1 Å². The first-order valence-electron chi connectivity index (χ1n) is 7.19. The fraction of sp³-hybridized carbons (Fsp3) is 0.867. The van der Waals surface area contributed by atoms with Crippen molar-refractivity contribution in [2.24, 2.45) is 11.8 Å². The van der Waals surface area contributed by atoms with Gasteiger partial charge in [-0.2, -0.15) is 0 Å². The molecule has 1 N–H and O–H groups in total. The van der Waals surface area contributed by atoms with E-state index in [-0.39, 0.29) is 0 Å². The van der Waals surface area contributed by atoms with E-state index in [4.69, 9.17) is 6.42 Å². The number of likely N-dealkylation sites (tertiary alicyclic amines) is 1. The second-order valence-electron chi connectivity index (χ2n) is 5.83.